The Kier molecular flexibility index (Phi) is 23.5. The van der Waals surface area contributed by atoms with Crippen molar-refractivity contribution in [2.24, 2.45) is 0 Å². The zero-order chi connectivity index (χ0) is 34.7. The van der Waals surface area contributed by atoms with Crippen LogP contribution >= 0.6 is 0 Å². The van der Waals surface area contributed by atoms with Crippen LogP contribution in [0.4, 0.5) is 0 Å². The number of nitrogens with zero attached hydrogens (tertiary/aromatic N) is 2. The van der Waals surface area contributed by atoms with E-state index < -0.39 is 0 Å². The number of unbranched alkanes of at least 4 members (excludes halogenated alkanes) is 16. The van der Waals surface area contributed by atoms with Gasteiger partial charge in [0, 0.05) is 37.3 Å². The third kappa shape index (κ3) is 19.3. The lowest BCUT2D eigenvalue weighted by Crippen LogP contribution is -2.33. The number of carbonyl (C=O) groups excluding carboxylic acids is 2. The first kappa shape index (κ1) is 41.5. The number of likely N-dealkylation sites (N-methyl/N-ethyl adjacent to an activating group) is 2. The van der Waals surface area contributed by atoms with E-state index in [-0.39, 0.29) is 11.8 Å². The normalized spacial score (nSPS) is 11.4. The fourth-order valence-electron chi connectivity index (χ4n) is 6.16. The molecule has 2 aromatic rings. The van der Waals surface area contributed by atoms with Gasteiger partial charge in [-0.1, -0.05) is 141 Å². The fraction of sp³-hybridized carbons (Fsp3) is 0.667. The van der Waals surface area contributed by atoms with E-state index in [9.17, 15) is 9.59 Å². The number of nitrogens with one attached hydrogen (secondary N) is 2. The van der Waals surface area contributed by atoms with Crippen molar-refractivity contribution in [2.75, 3.05) is 53.4 Å². The molecular weight excluding hydrogens is 592 g/mol. The number of carbonyl (C=O) groups is 2. The van der Waals surface area contributed by atoms with Crippen LogP contribution in [0.1, 0.15) is 150 Å². The summed E-state index contributed by atoms with van der Waals surface area (Å²) in [4.78, 5) is 30.0. The Morgan fingerprint density at radius 1 is 0.438 bits per heavy atom. The van der Waals surface area contributed by atoms with E-state index in [1.54, 1.807) is 0 Å². The lowest BCUT2D eigenvalue weighted by atomic mass is 10.0. The summed E-state index contributed by atoms with van der Waals surface area (Å²) in [6.07, 6.45) is 24.2. The van der Waals surface area contributed by atoms with E-state index >= 15 is 0 Å². The fourth-order valence-corrected chi connectivity index (χ4v) is 6.16. The minimum absolute atomic E-state index is 0.0381. The summed E-state index contributed by atoms with van der Waals surface area (Å²) < 4.78 is 0. The molecule has 0 spiro atoms. The van der Waals surface area contributed by atoms with Crippen LogP contribution < -0.4 is 10.6 Å². The molecule has 2 N–H and O–H groups in total. The van der Waals surface area contributed by atoms with Crippen molar-refractivity contribution in [2.45, 2.75) is 129 Å². The van der Waals surface area contributed by atoms with Crippen molar-refractivity contribution in [3.8, 4) is 11.1 Å². The van der Waals surface area contributed by atoms with Crippen LogP contribution in [0.15, 0.2) is 48.5 Å². The molecule has 0 atom stereocenters. The maximum Gasteiger partial charge on any atom is 0.251 e. The highest BCUT2D eigenvalue weighted by atomic mass is 16.2. The van der Waals surface area contributed by atoms with Crippen molar-refractivity contribution in [3.05, 3.63) is 59.7 Å². The predicted octanol–water partition coefficient (Wildman–Crippen LogP) is 9.74. The zero-order valence-electron chi connectivity index (χ0n) is 31.3. The Bertz CT molecular complexity index is 998. The van der Waals surface area contributed by atoms with E-state index in [1.807, 2.05) is 48.5 Å². The summed E-state index contributed by atoms with van der Waals surface area (Å²) in [5, 5.41) is 6.13. The standard InChI is InChI=1S/C42H70N4O2/c1-5-7-9-11-13-15-17-19-21-33-45(3)35-31-43-41(47)39-27-23-37(24-28-39)38-25-29-40(30-26-38)42(48)44-32-36-46(4)34-22-20-18-16-14-12-10-8-6-2/h23-30H,5-22,31-36H2,1-4H3,(H,43,47)(H,44,48). The molecule has 6 heteroatoms. The van der Waals surface area contributed by atoms with Gasteiger partial charge in [-0.3, -0.25) is 9.59 Å². The molecule has 0 heterocycles. The first-order chi connectivity index (χ1) is 23.4. The van der Waals surface area contributed by atoms with Gasteiger partial charge in [-0.05, 0) is 75.4 Å². The van der Waals surface area contributed by atoms with Crippen molar-refractivity contribution in [1.29, 1.82) is 0 Å². The second-order valence-electron chi connectivity index (χ2n) is 13.9. The highest BCUT2D eigenvalue weighted by Crippen LogP contribution is 2.21. The molecule has 2 aromatic carbocycles. The molecule has 0 aliphatic carbocycles. The lowest BCUT2D eigenvalue weighted by molar-refractivity contribution is 0.0941. The SMILES string of the molecule is CCCCCCCCCCCN(C)CCNC(=O)c1ccc(-c2ccc(C(=O)NCCN(C)CCCCCCCCCCC)cc2)cc1. The Morgan fingerprint density at radius 2 is 0.729 bits per heavy atom. The summed E-state index contributed by atoms with van der Waals surface area (Å²) in [7, 11) is 4.28. The molecule has 0 bridgehead atoms. The third-order valence-electron chi connectivity index (χ3n) is 9.47. The molecule has 0 unspecified atom stereocenters. The summed E-state index contributed by atoms with van der Waals surface area (Å²) in [5.41, 5.74) is 3.38. The Balaban J connectivity index is 1.59. The van der Waals surface area contributed by atoms with Gasteiger partial charge in [0.1, 0.15) is 0 Å². The van der Waals surface area contributed by atoms with Gasteiger partial charge in [0.25, 0.3) is 11.8 Å². The second kappa shape index (κ2) is 27.2. The van der Waals surface area contributed by atoms with Crippen molar-refractivity contribution in [1.82, 2.24) is 20.4 Å². The van der Waals surface area contributed by atoms with E-state index in [0.29, 0.717) is 24.2 Å². The molecule has 0 saturated carbocycles. The minimum Gasteiger partial charge on any atom is -0.351 e. The highest BCUT2D eigenvalue weighted by molar-refractivity contribution is 5.95. The smallest absolute Gasteiger partial charge is 0.251 e. The molecule has 0 aromatic heterocycles. The van der Waals surface area contributed by atoms with E-state index in [4.69, 9.17) is 0 Å². The Morgan fingerprint density at radius 3 is 1.04 bits per heavy atom. The minimum atomic E-state index is -0.0381. The third-order valence-corrected chi connectivity index (χ3v) is 9.47. The number of benzene rings is 2. The number of rotatable bonds is 29. The first-order valence-electron chi connectivity index (χ1n) is 19.6. The number of hydrogen-bond donors (Lipinski definition) is 2. The molecule has 0 aliphatic rings. The molecule has 2 rings (SSSR count). The van der Waals surface area contributed by atoms with Crippen LogP contribution in [0.5, 0.6) is 0 Å². The zero-order valence-corrected chi connectivity index (χ0v) is 31.3. The van der Waals surface area contributed by atoms with Crippen molar-refractivity contribution >= 4 is 11.8 Å². The van der Waals surface area contributed by atoms with Crippen LogP contribution in [-0.2, 0) is 0 Å². The van der Waals surface area contributed by atoms with Gasteiger partial charge in [0.2, 0.25) is 0 Å². The molecule has 48 heavy (non-hydrogen) atoms. The molecule has 0 aliphatic heterocycles. The van der Waals surface area contributed by atoms with Crippen molar-refractivity contribution in [3.63, 3.8) is 0 Å². The molecule has 2 amide bonds. The monoisotopic (exact) mass is 663 g/mol. The summed E-state index contributed by atoms with van der Waals surface area (Å²) in [5.74, 6) is -0.0762. The highest BCUT2D eigenvalue weighted by Gasteiger charge is 2.09. The average molecular weight is 663 g/mol. The summed E-state index contributed by atoms with van der Waals surface area (Å²) in [6, 6.07) is 15.4. The van der Waals surface area contributed by atoms with E-state index in [2.05, 4.69) is 48.4 Å². The van der Waals surface area contributed by atoms with Crippen LogP contribution in [0.3, 0.4) is 0 Å². The molecular formula is C42H70N4O2. The quantitative estimate of drug-likeness (QED) is 0.0852. The Hall–Kier alpha value is -2.70. The van der Waals surface area contributed by atoms with Gasteiger partial charge in [0.15, 0.2) is 0 Å². The van der Waals surface area contributed by atoms with E-state index in [0.717, 1.165) is 37.3 Å². The van der Waals surface area contributed by atoms with Gasteiger partial charge in [-0.2, -0.15) is 0 Å². The molecule has 270 valence electrons. The molecule has 0 fully saturated rings. The molecule has 6 nitrogen and oxygen atoms in total. The van der Waals surface area contributed by atoms with Gasteiger partial charge >= 0.3 is 0 Å². The summed E-state index contributed by atoms with van der Waals surface area (Å²) in [6.45, 7) is 9.71. The van der Waals surface area contributed by atoms with Crippen molar-refractivity contribution < 1.29 is 9.59 Å². The average Bonchev–Trinajstić information content (AvgIpc) is 3.10. The predicted molar refractivity (Wildman–Crippen MR) is 206 cm³/mol. The van der Waals surface area contributed by atoms with E-state index in [1.165, 1.54) is 116 Å². The lowest BCUT2D eigenvalue weighted by Gasteiger charge is -2.17. The van der Waals surface area contributed by atoms with Gasteiger partial charge in [0.05, 0.1) is 0 Å². The van der Waals surface area contributed by atoms with Gasteiger partial charge in [-0.25, -0.2) is 0 Å². The first-order valence-corrected chi connectivity index (χ1v) is 19.6. The number of amides is 2. The van der Waals surface area contributed by atoms with Gasteiger partial charge in [-0.15, -0.1) is 0 Å². The number of hydrogen-bond acceptors (Lipinski definition) is 4. The van der Waals surface area contributed by atoms with Crippen LogP contribution in [-0.4, -0.2) is 75.0 Å². The van der Waals surface area contributed by atoms with Crippen LogP contribution in [0, 0.1) is 0 Å². The second-order valence-corrected chi connectivity index (χ2v) is 13.9. The maximum atomic E-state index is 12.7. The molecule has 0 saturated heterocycles. The molecule has 0 radical (unpaired) electrons. The Labute approximate surface area is 294 Å². The largest absolute Gasteiger partial charge is 0.351 e. The van der Waals surface area contributed by atoms with Crippen LogP contribution in [0.2, 0.25) is 0 Å². The maximum absolute atomic E-state index is 12.7. The van der Waals surface area contributed by atoms with Gasteiger partial charge < -0.3 is 20.4 Å². The topological polar surface area (TPSA) is 64.7 Å². The summed E-state index contributed by atoms with van der Waals surface area (Å²) >= 11 is 0. The van der Waals surface area contributed by atoms with Crippen LogP contribution in [0.25, 0.3) is 11.1 Å².